The van der Waals surface area contributed by atoms with E-state index in [4.69, 9.17) is 5.73 Å². The first-order chi connectivity index (χ1) is 8.40. The van der Waals surface area contributed by atoms with E-state index in [2.05, 4.69) is 5.32 Å². The number of hydrogen-bond acceptors (Lipinski definition) is 3. The molecule has 1 atom stereocenters. The van der Waals surface area contributed by atoms with Gasteiger partial charge in [-0.05, 0) is 24.5 Å². The van der Waals surface area contributed by atoms with Gasteiger partial charge >= 0.3 is 0 Å². The lowest BCUT2D eigenvalue weighted by Crippen LogP contribution is -2.23. The van der Waals surface area contributed by atoms with Gasteiger partial charge in [0.25, 0.3) is 0 Å². The molecule has 1 aromatic rings. The summed E-state index contributed by atoms with van der Waals surface area (Å²) in [7, 11) is -1.12. The zero-order valence-corrected chi connectivity index (χ0v) is 11.8. The molecule has 1 rings (SSSR count). The Balaban J connectivity index is 2.63. The van der Waals surface area contributed by atoms with Crippen molar-refractivity contribution in [2.45, 2.75) is 20.8 Å². The molecule has 4 nitrogen and oxygen atoms in total. The minimum atomic E-state index is -1.12. The number of nitrogens with two attached hydrogens (primary N) is 1. The van der Waals surface area contributed by atoms with E-state index in [0.29, 0.717) is 23.0 Å². The molecule has 0 aliphatic heterocycles. The van der Waals surface area contributed by atoms with Crippen LogP contribution in [0.25, 0.3) is 0 Å². The second kappa shape index (κ2) is 6.54. The first-order valence-corrected chi connectivity index (χ1v) is 7.39. The van der Waals surface area contributed by atoms with Crippen LogP contribution in [0.5, 0.6) is 0 Å². The van der Waals surface area contributed by atoms with Gasteiger partial charge in [0, 0.05) is 16.6 Å². The highest BCUT2D eigenvalue weighted by molar-refractivity contribution is 7.85. The Labute approximate surface area is 110 Å². The number of aryl methyl sites for hydroxylation is 1. The molecular weight excluding hydrogens is 248 g/mol. The predicted molar refractivity (Wildman–Crippen MR) is 76.9 cm³/mol. The van der Waals surface area contributed by atoms with E-state index < -0.39 is 10.8 Å². The summed E-state index contributed by atoms with van der Waals surface area (Å²) in [5, 5.41) is 2.73. The van der Waals surface area contributed by atoms with Crippen LogP contribution in [-0.2, 0) is 15.6 Å². The first kappa shape index (κ1) is 14.7. The van der Waals surface area contributed by atoms with Crippen LogP contribution in [0.1, 0.15) is 19.4 Å². The molecule has 1 unspecified atom stereocenters. The molecule has 0 aliphatic rings. The first-order valence-electron chi connectivity index (χ1n) is 5.90. The summed E-state index contributed by atoms with van der Waals surface area (Å²) in [5.74, 6) is 0.625. The molecule has 18 heavy (non-hydrogen) atoms. The summed E-state index contributed by atoms with van der Waals surface area (Å²) < 4.78 is 11.6. The zero-order valence-electron chi connectivity index (χ0n) is 11.0. The SMILES string of the molecule is Cc1cccc(N)c1NC(=O)CS(=O)CC(C)C. The van der Waals surface area contributed by atoms with Gasteiger partial charge in [0.15, 0.2) is 0 Å². The van der Waals surface area contributed by atoms with Gasteiger partial charge in [-0.25, -0.2) is 0 Å². The summed E-state index contributed by atoms with van der Waals surface area (Å²) in [6.07, 6.45) is 0. The number of nitrogens with one attached hydrogen (secondary N) is 1. The highest BCUT2D eigenvalue weighted by atomic mass is 32.2. The van der Waals surface area contributed by atoms with E-state index in [9.17, 15) is 9.00 Å². The molecule has 0 saturated heterocycles. The molecule has 5 heteroatoms. The smallest absolute Gasteiger partial charge is 0.237 e. The average Bonchev–Trinajstić information content (AvgIpc) is 2.22. The van der Waals surface area contributed by atoms with Crippen molar-refractivity contribution in [2.75, 3.05) is 22.6 Å². The lowest BCUT2D eigenvalue weighted by Gasteiger charge is -2.11. The monoisotopic (exact) mass is 268 g/mol. The number of carbonyl (C=O) groups is 1. The summed E-state index contributed by atoms with van der Waals surface area (Å²) in [6, 6.07) is 5.43. The van der Waals surface area contributed by atoms with Gasteiger partial charge in [-0.1, -0.05) is 26.0 Å². The van der Waals surface area contributed by atoms with E-state index in [1.54, 1.807) is 6.07 Å². The fraction of sp³-hybridized carbons (Fsp3) is 0.462. The third kappa shape index (κ3) is 4.49. The lowest BCUT2D eigenvalue weighted by molar-refractivity contribution is -0.113. The maximum Gasteiger partial charge on any atom is 0.237 e. The van der Waals surface area contributed by atoms with Crippen molar-refractivity contribution < 1.29 is 9.00 Å². The van der Waals surface area contributed by atoms with Gasteiger partial charge in [0.2, 0.25) is 5.91 Å². The van der Waals surface area contributed by atoms with E-state index >= 15 is 0 Å². The molecule has 0 bridgehead atoms. The van der Waals surface area contributed by atoms with Crippen molar-refractivity contribution in [3.05, 3.63) is 23.8 Å². The van der Waals surface area contributed by atoms with Crippen LogP contribution < -0.4 is 11.1 Å². The molecule has 3 N–H and O–H groups in total. The summed E-state index contributed by atoms with van der Waals surface area (Å²) in [5.41, 5.74) is 7.83. The van der Waals surface area contributed by atoms with Gasteiger partial charge in [0.1, 0.15) is 5.75 Å². The van der Waals surface area contributed by atoms with Gasteiger partial charge in [-0.15, -0.1) is 0 Å². The second-order valence-electron chi connectivity index (χ2n) is 4.73. The molecule has 1 amide bonds. The van der Waals surface area contributed by atoms with Gasteiger partial charge in [-0.3, -0.25) is 9.00 Å². The molecule has 0 heterocycles. The van der Waals surface area contributed by atoms with Gasteiger partial charge in [-0.2, -0.15) is 0 Å². The van der Waals surface area contributed by atoms with Crippen molar-refractivity contribution in [3.63, 3.8) is 0 Å². The number of rotatable bonds is 5. The summed E-state index contributed by atoms with van der Waals surface area (Å²) in [4.78, 5) is 11.7. The lowest BCUT2D eigenvalue weighted by atomic mass is 10.1. The number of para-hydroxylation sites is 1. The van der Waals surface area contributed by atoms with Gasteiger partial charge < -0.3 is 11.1 Å². The molecule has 0 aromatic heterocycles. The zero-order chi connectivity index (χ0) is 13.7. The fourth-order valence-corrected chi connectivity index (χ4v) is 2.84. The minimum Gasteiger partial charge on any atom is -0.397 e. The number of amides is 1. The van der Waals surface area contributed by atoms with Crippen molar-refractivity contribution >= 4 is 28.1 Å². The molecule has 0 spiro atoms. The average molecular weight is 268 g/mol. The Morgan fingerprint density at radius 1 is 1.44 bits per heavy atom. The Hall–Kier alpha value is -1.36. The molecule has 0 saturated carbocycles. The Bertz CT molecular complexity index is 438. The quantitative estimate of drug-likeness (QED) is 0.801. The van der Waals surface area contributed by atoms with Crippen LogP contribution >= 0.6 is 0 Å². The number of anilines is 2. The third-order valence-electron chi connectivity index (χ3n) is 2.38. The van der Waals surface area contributed by atoms with Crippen LogP contribution in [-0.4, -0.2) is 21.6 Å². The fourth-order valence-electron chi connectivity index (χ4n) is 1.61. The highest BCUT2D eigenvalue weighted by Gasteiger charge is 2.12. The molecule has 0 fully saturated rings. The highest BCUT2D eigenvalue weighted by Crippen LogP contribution is 2.22. The number of carbonyl (C=O) groups excluding carboxylic acids is 1. The van der Waals surface area contributed by atoms with E-state index in [1.807, 2.05) is 32.9 Å². The topological polar surface area (TPSA) is 72.2 Å². The minimum absolute atomic E-state index is 0.0198. The van der Waals surface area contributed by atoms with Crippen LogP contribution in [0.3, 0.4) is 0 Å². The number of hydrogen-bond donors (Lipinski definition) is 2. The van der Waals surface area contributed by atoms with E-state index in [0.717, 1.165) is 5.56 Å². The van der Waals surface area contributed by atoms with Crippen LogP contribution in [0.4, 0.5) is 11.4 Å². The van der Waals surface area contributed by atoms with Crippen LogP contribution in [0, 0.1) is 12.8 Å². The Morgan fingerprint density at radius 2 is 2.11 bits per heavy atom. The standard InChI is InChI=1S/C13H20N2O2S/c1-9(2)7-18(17)8-12(16)15-13-10(3)5-4-6-11(13)14/h4-6,9H,7-8,14H2,1-3H3,(H,15,16). The normalized spacial score (nSPS) is 12.4. The molecule has 1 aromatic carbocycles. The molecular formula is C13H20N2O2S. The summed E-state index contributed by atoms with van der Waals surface area (Å²) in [6.45, 7) is 5.83. The third-order valence-corrected chi connectivity index (χ3v) is 4.00. The largest absolute Gasteiger partial charge is 0.397 e. The Morgan fingerprint density at radius 3 is 2.67 bits per heavy atom. The predicted octanol–water partition coefficient (Wildman–Crippen LogP) is 1.92. The number of benzene rings is 1. The van der Waals surface area contributed by atoms with Gasteiger partial charge in [0.05, 0.1) is 11.4 Å². The summed E-state index contributed by atoms with van der Waals surface area (Å²) >= 11 is 0. The van der Waals surface area contributed by atoms with Crippen molar-refractivity contribution in [2.24, 2.45) is 5.92 Å². The van der Waals surface area contributed by atoms with Crippen molar-refractivity contribution in [1.82, 2.24) is 0 Å². The van der Waals surface area contributed by atoms with Crippen molar-refractivity contribution in [3.8, 4) is 0 Å². The van der Waals surface area contributed by atoms with Crippen LogP contribution in [0.15, 0.2) is 18.2 Å². The van der Waals surface area contributed by atoms with E-state index in [1.165, 1.54) is 0 Å². The Kier molecular flexibility index (Phi) is 5.34. The number of nitrogen functional groups attached to an aromatic ring is 1. The second-order valence-corrected chi connectivity index (χ2v) is 6.23. The van der Waals surface area contributed by atoms with Crippen molar-refractivity contribution in [1.29, 1.82) is 0 Å². The molecule has 0 aliphatic carbocycles. The maximum absolute atomic E-state index is 11.7. The van der Waals surface area contributed by atoms with E-state index in [-0.39, 0.29) is 11.7 Å². The molecule has 0 radical (unpaired) electrons. The van der Waals surface area contributed by atoms with Crippen LogP contribution in [0.2, 0.25) is 0 Å². The maximum atomic E-state index is 11.7. The molecule has 100 valence electrons.